The van der Waals surface area contributed by atoms with Gasteiger partial charge in [0.15, 0.2) is 0 Å². The molecular weight excluding hydrogens is 381 g/mol. The lowest BCUT2D eigenvalue weighted by atomic mass is 10.2. The predicted molar refractivity (Wildman–Crippen MR) is 108 cm³/mol. The third kappa shape index (κ3) is 7.12. The molecule has 2 heterocycles. The Labute approximate surface area is 164 Å². The first-order valence-electron chi connectivity index (χ1n) is 7.59. The molecule has 2 aromatic rings. The number of nitrogens with zero attached hydrogens (tertiary/aromatic N) is 1. The van der Waals surface area contributed by atoms with Crippen molar-refractivity contribution in [3.8, 4) is 11.6 Å². The summed E-state index contributed by atoms with van der Waals surface area (Å²) in [6, 6.07) is 13.3. The quantitative estimate of drug-likeness (QED) is 0.798. The Morgan fingerprint density at radius 1 is 1.24 bits per heavy atom. The molecule has 1 amide bonds. The van der Waals surface area contributed by atoms with Crippen LogP contribution in [-0.4, -0.2) is 35.0 Å². The highest BCUT2D eigenvalue weighted by Gasteiger charge is 2.16. The fourth-order valence-electron chi connectivity index (χ4n) is 2.31. The first kappa shape index (κ1) is 21.6. The molecule has 0 bridgehead atoms. The second kappa shape index (κ2) is 11.2. The molecule has 1 saturated heterocycles. The van der Waals surface area contributed by atoms with Crippen LogP contribution in [0.2, 0.25) is 0 Å². The number of carbonyl (C=O) groups excluding carboxylic acids is 1. The van der Waals surface area contributed by atoms with Gasteiger partial charge in [0.1, 0.15) is 5.75 Å². The van der Waals surface area contributed by atoms with Gasteiger partial charge >= 0.3 is 0 Å². The number of para-hydroxylation sites is 1. The molecule has 1 aromatic carbocycles. The summed E-state index contributed by atoms with van der Waals surface area (Å²) in [6.45, 7) is 0.968. The average molecular weight is 402 g/mol. The Morgan fingerprint density at radius 2 is 2.04 bits per heavy atom. The summed E-state index contributed by atoms with van der Waals surface area (Å²) in [5.41, 5.74) is 0.680. The van der Waals surface area contributed by atoms with Crippen molar-refractivity contribution in [1.29, 1.82) is 0 Å². The number of nitrogens with one attached hydrogen (secondary N) is 2. The topological polar surface area (TPSA) is 63.2 Å². The molecule has 0 spiro atoms. The molecule has 136 valence electrons. The number of hydrogen-bond acceptors (Lipinski definition) is 5. The zero-order chi connectivity index (χ0) is 15.9. The molecule has 1 aliphatic heterocycles. The average Bonchev–Trinajstić information content (AvgIpc) is 2.58. The minimum atomic E-state index is 0. The molecule has 1 atom stereocenters. The van der Waals surface area contributed by atoms with E-state index in [-0.39, 0.29) is 36.8 Å². The molecule has 0 aliphatic carbocycles. The van der Waals surface area contributed by atoms with Crippen molar-refractivity contribution in [2.75, 3.05) is 23.4 Å². The highest BCUT2D eigenvalue weighted by molar-refractivity contribution is 7.99. The van der Waals surface area contributed by atoms with E-state index < -0.39 is 0 Å². The van der Waals surface area contributed by atoms with Crippen LogP contribution in [0.3, 0.4) is 0 Å². The normalized spacial score (nSPS) is 16.1. The predicted octanol–water partition coefficient (Wildman–Crippen LogP) is 3.75. The number of amides is 1. The summed E-state index contributed by atoms with van der Waals surface area (Å²) in [5.74, 6) is 3.33. The number of rotatable bonds is 5. The van der Waals surface area contributed by atoms with E-state index in [0.717, 1.165) is 23.8 Å². The first-order valence-corrected chi connectivity index (χ1v) is 8.75. The van der Waals surface area contributed by atoms with Crippen molar-refractivity contribution in [1.82, 2.24) is 10.3 Å². The number of aromatic nitrogens is 1. The number of hydrogen-bond donors (Lipinski definition) is 2. The number of ether oxygens (including phenoxy) is 1. The second-order valence-electron chi connectivity index (χ2n) is 5.28. The van der Waals surface area contributed by atoms with E-state index in [1.807, 2.05) is 42.1 Å². The van der Waals surface area contributed by atoms with E-state index in [1.165, 1.54) is 0 Å². The van der Waals surface area contributed by atoms with Crippen molar-refractivity contribution < 1.29 is 9.53 Å². The molecule has 25 heavy (non-hydrogen) atoms. The number of carbonyl (C=O) groups is 1. The largest absolute Gasteiger partial charge is 0.439 e. The molecular formula is C17H21Cl2N3O2S. The van der Waals surface area contributed by atoms with Gasteiger partial charge in [0, 0.05) is 36.6 Å². The lowest BCUT2D eigenvalue weighted by Gasteiger charge is -2.22. The van der Waals surface area contributed by atoms with E-state index in [1.54, 1.807) is 18.3 Å². The van der Waals surface area contributed by atoms with Gasteiger partial charge in [-0.2, -0.15) is 11.8 Å². The lowest BCUT2D eigenvalue weighted by Crippen LogP contribution is -2.39. The van der Waals surface area contributed by atoms with Gasteiger partial charge in [0.2, 0.25) is 11.8 Å². The van der Waals surface area contributed by atoms with E-state index in [0.29, 0.717) is 18.0 Å². The molecule has 0 radical (unpaired) electrons. The third-order valence-corrected chi connectivity index (χ3v) is 4.55. The summed E-state index contributed by atoms with van der Waals surface area (Å²) in [5, 5.41) is 6.23. The van der Waals surface area contributed by atoms with Gasteiger partial charge < -0.3 is 15.4 Å². The fourth-order valence-corrected chi connectivity index (χ4v) is 3.26. The van der Waals surface area contributed by atoms with Gasteiger partial charge in [-0.25, -0.2) is 4.98 Å². The summed E-state index contributed by atoms with van der Waals surface area (Å²) in [6.07, 6.45) is 2.09. The van der Waals surface area contributed by atoms with E-state index >= 15 is 0 Å². The Hall–Kier alpha value is -1.47. The standard InChI is InChI=1S/C17H19N3O2S.2ClH/c21-16(10-14-12-23-9-8-18-14)20-13-6-7-17(19-11-13)22-15-4-2-1-3-5-15;;/h1-7,11,14,18H,8-10,12H2,(H,20,21);2*1H. The van der Waals surface area contributed by atoms with Crippen LogP contribution in [0.15, 0.2) is 48.7 Å². The Bertz CT molecular complexity index is 638. The number of thioether (sulfide) groups is 1. The maximum Gasteiger partial charge on any atom is 0.226 e. The van der Waals surface area contributed by atoms with Crippen LogP contribution in [0.1, 0.15) is 6.42 Å². The fraction of sp³-hybridized carbons (Fsp3) is 0.294. The highest BCUT2D eigenvalue weighted by Crippen LogP contribution is 2.20. The number of halogens is 2. The lowest BCUT2D eigenvalue weighted by molar-refractivity contribution is -0.116. The highest BCUT2D eigenvalue weighted by atomic mass is 35.5. The minimum absolute atomic E-state index is 0. The van der Waals surface area contributed by atoms with Crippen molar-refractivity contribution in [2.24, 2.45) is 0 Å². The third-order valence-electron chi connectivity index (χ3n) is 3.42. The van der Waals surface area contributed by atoms with Crippen molar-refractivity contribution in [2.45, 2.75) is 12.5 Å². The Kier molecular flexibility index (Phi) is 9.67. The van der Waals surface area contributed by atoms with E-state index in [4.69, 9.17) is 4.74 Å². The summed E-state index contributed by atoms with van der Waals surface area (Å²) in [4.78, 5) is 16.3. The molecule has 8 heteroatoms. The molecule has 3 rings (SSSR count). The molecule has 1 aromatic heterocycles. The van der Waals surface area contributed by atoms with Crippen LogP contribution < -0.4 is 15.4 Å². The van der Waals surface area contributed by atoms with E-state index in [2.05, 4.69) is 15.6 Å². The van der Waals surface area contributed by atoms with Gasteiger partial charge in [0.25, 0.3) is 0 Å². The van der Waals surface area contributed by atoms with Gasteiger partial charge in [0.05, 0.1) is 11.9 Å². The molecule has 5 nitrogen and oxygen atoms in total. The zero-order valence-electron chi connectivity index (χ0n) is 13.5. The summed E-state index contributed by atoms with van der Waals surface area (Å²) >= 11 is 1.88. The SMILES string of the molecule is Cl.Cl.O=C(CC1CSCCN1)Nc1ccc(Oc2ccccc2)nc1. The molecule has 0 saturated carbocycles. The summed E-state index contributed by atoms with van der Waals surface area (Å²) < 4.78 is 5.62. The van der Waals surface area contributed by atoms with Crippen LogP contribution in [0.5, 0.6) is 11.6 Å². The maximum atomic E-state index is 12.0. The molecule has 1 unspecified atom stereocenters. The van der Waals surface area contributed by atoms with Crippen LogP contribution in [-0.2, 0) is 4.79 Å². The monoisotopic (exact) mass is 401 g/mol. The zero-order valence-corrected chi connectivity index (χ0v) is 16.0. The van der Waals surface area contributed by atoms with Crippen LogP contribution in [0.25, 0.3) is 0 Å². The number of pyridine rings is 1. The van der Waals surface area contributed by atoms with Gasteiger partial charge in [-0.05, 0) is 18.2 Å². The number of anilines is 1. The Morgan fingerprint density at radius 3 is 2.68 bits per heavy atom. The van der Waals surface area contributed by atoms with Gasteiger partial charge in [-0.3, -0.25) is 4.79 Å². The molecule has 1 fully saturated rings. The van der Waals surface area contributed by atoms with Crippen molar-refractivity contribution in [3.05, 3.63) is 48.7 Å². The maximum absolute atomic E-state index is 12.0. The molecule has 2 N–H and O–H groups in total. The first-order chi connectivity index (χ1) is 11.3. The van der Waals surface area contributed by atoms with Gasteiger partial charge in [-0.1, -0.05) is 18.2 Å². The van der Waals surface area contributed by atoms with Crippen LogP contribution in [0.4, 0.5) is 5.69 Å². The number of benzene rings is 1. The van der Waals surface area contributed by atoms with Crippen LogP contribution >= 0.6 is 36.6 Å². The van der Waals surface area contributed by atoms with E-state index in [9.17, 15) is 4.79 Å². The smallest absolute Gasteiger partial charge is 0.226 e. The Balaban J connectivity index is 0.00000156. The summed E-state index contributed by atoms with van der Waals surface area (Å²) in [7, 11) is 0. The minimum Gasteiger partial charge on any atom is -0.439 e. The second-order valence-corrected chi connectivity index (χ2v) is 6.43. The van der Waals surface area contributed by atoms with Crippen molar-refractivity contribution in [3.63, 3.8) is 0 Å². The van der Waals surface area contributed by atoms with Crippen molar-refractivity contribution >= 4 is 48.2 Å². The van der Waals surface area contributed by atoms with Gasteiger partial charge in [-0.15, -0.1) is 24.8 Å². The van der Waals surface area contributed by atoms with Crippen LogP contribution in [0, 0.1) is 0 Å². The molecule has 1 aliphatic rings.